The first-order valence-corrected chi connectivity index (χ1v) is 5.53. The van der Waals surface area contributed by atoms with E-state index in [2.05, 4.69) is 0 Å². The zero-order valence-corrected chi connectivity index (χ0v) is 10.7. The van der Waals surface area contributed by atoms with Gasteiger partial charge in [-0.2, -0.15) is 0 Å². The molecule has 0 unspecified atom stereocenters. The van der Waals surface area contributed by atoms with Gasteiger partial charge in [-0.15, -0.1) is 0 Å². The highest BCUT2D eigenvalue weighted by atomic mass is 16.6. The summed E-state index contributed by atoms with van der Waals surface area (Å²) in [6, 6.07) is 3.92. The van der Waals surface area contributed by atoms with Gasteiger partial charge in [0.05, 0.1) is 27.4 Å². The van der Waals surface area contributed by atoms with Gasteiger partial charge in [0, 0.05) is 18.2 Å². The molecule has 1 aromatic carbocycles. The number of hydrogen-bond donors (Lipinski definition) is 0. The fourth-order valence-corrected chi connectivity index (χ4v) is 2.19. The van der Waals surface area contributed by atoms with Crippen LogP contribution in [0.2, 0.25) is 0 Å². The molecule has 0 spiro atoms. The normalized spacial score (nSPS) is 17.4. The van der Waals surface area contributed by atoms with Crippen molar-refractivity contribution in [2.75, 3.05) is 34.5 Å². The molecular formula is C13H18O4. The van der Waals surface area contributed by atoms with Crippen LogP contribution < -0.4 is 9.47 Å². The summed E-state index contributed by atoms with van der Waals surface area (Å²) >= 11 is 0. The summed E-state index contributed by atoms with van der Waals surface area (Å²) in [5.41, 5.74) is 1.63. The van der Waals surface area contributed by atoms with Crippen LogP contribution in [0.1, 0.15) is 11.1 Å². The van der Waals surface area contributed by atoms with E-state index in [1.165, 1.54) is 0 Å². The van der Waals surface area contributed by atoms with E-state index in [1.807, 2.05) is 19.1 Å². The van der Waals surface area contributed by atoms with Crippen molar-refractivity contribution < 1.29 is 18.9 Å². The molecule has 94 valence electrons. The first kappa shape index (κ1) is 12.2. The lowest BCUT2D eigenvalue weighted by Crippen LogP contribution is -2.48. The quantitative estimate of drug-likeness (QED) is 0.802. The molecule has 0 saturated carbocycles. The van der Waals surface area contributed by atoms with Crippen molar-refractivity contribution in [2.45, 2.75) is 12.5 Å². The molecule has 1 aliphatic rings. The smallest absolute Gasteiger partial charge is 0.143 e. The molecule has 1 fully saturated rings. The third-order valence-electron chi connectivity index (χ3n) is 3.33. The highest BCUT2D eigenvalue weighted by Gasteiger charge is 2.43. The maximum absolute atomic E-state index is 5.59. The molecule has 1 heterocycles. The highest BCUT2D eigenvalue weighted by molar-refractivity contribution is 5.52. The van der Waals surface area contributed by atoms with Crippen molar-refractivity contribution in [1.82, 2.24) is 0 Å². The second-order valence-corrected chi connectivity index (χ2v) is 4.16. The summed E-state index contributed by atoms with van der Waals surface area (Å²) in [4.78, 5) is 0. The molecule has 0 aliphatic carbocycles. The second kappa shape index (κ2) is 4.55. The van der Waals surface area contributed by atoms with Gasteiger partial charge in [0.2, 0.25) is 0 Å². The van der Waals surface area contributed by atoms with E-state index in [1.54, 1.807) is 21.3 Å². The average molecular weight is 238 g/mol. The van der Waals surface area contributed by atoms with Gasteiger partial charge in [-0.05, 0) is 19.1 Å². The lowest BCUT2D eigenvalue weighted by molar-refractivity contribution is -0.203. The molecule has 1 aromatic rings. The van der Waals surface area contributed by atoms with Crippen molar-refractivity contribution >= 4 is 0 Å². The number of ether oxygens (including phenoxy) is 4. The molecule has 4 nitrogen and oxygen atoms in total. The van der Waals surface area contributed by atoms with Gasteiger partial charge in [-0.1, -0.05) is 0 Å². The first-order valence-electron chi connectivity index (χ1n) is 5.53. The van der Waals surface area contributed by atoms with E-state index in [0.29, 0.717) is 13.2 Å². The van der Waals surface area contributed by atoms with E-state index in [9.17, 15) is 0 Å². The Morgan fingerprint density at radius 3 is 2.24 bits per heavy atom. The van der Waals surface area contributed by atoms with Gasteiger partial charge in [-0.3, -0.25) is 0 Å². The van der Waals surface area contributed by atoms with Crippen LogP contribution in [0.4, 0.5) is 0 Å². The van der Waals surface area contributed by atoms with E-state index in [4.69, 9.17) is 18.9 Å². The Bertz CT molecular complexity index is 405. The number of methoxy groups -OCH3 is 3. The molecule has 0 bridgehead atoms. The van der Waals surface area contributed by atoms with Gasteiger partial charge in [0.15, 0.2) is 0 Å². The Labute approximate surface area is 101 Å². The van der Waals surface area contributed by atoms with Gasteiger partial charge in [-0.25, -0.2) is 0 Å². The van der Waals surface area contributed by atoms with Crippen molar-refractivity contribution in [3.63, 3.8) is 0 Å². The fraction of sp³-hybridized carbons (Fsp3) is 0.538. The molecule has 2 rings (SSSR count). The molecule has 4 heteroatoms. The molecule has 0 radical (unpaired) electrons. The summed E-state index contributed by atoms with van der Waals surface area (Å²) in [6.07, 6.45) is 0. The van der Waals surface area contributed by atoms with Gasteiger partial charge in [0.25, 0.3) is 0 Å². The maximum atomic E-state index is 5.59. The zero-order chi connectivity index (χ0) is 12.5. The standard InChI is InChI=1S/C13H18O4/c1-9-11(14-2)6-5-10(12(9)15-3)13(16-4)7-17-8-13/h5-6H,7-8H2,1-4H3. The zero-order valence-electron chi connectivity index (χ0n) is 10.7. The maximum Gasteiger partial charge on any atom is 0.143 e. The Balaban J connectivity index is 2.51. The van der Waals surface area contributed by atoms with E-state index >= 15 is 0 Å². The third-order valence-corrected chi connectivity index (χ3v) is 3.33. The SMILES string of the molecule is COc1ccc(C2(OC)COC2)c(OC)c1C. The van der Waals surface area contributed by atoms with Crippen molar-refractivity contribution in [2.24, 2.45) is 0 Å². The number of benzene rings is 1. The lowest BCUT2D eigenvalue weighted by atomic mass is 9.89. The molecule has 0 aromatic heterocycles. The van der Waals surface area contributed by atoms with Crippen LogP contribution in [0.15, 0.2) is 12.1 Å². The van der Waals surface area contributed by atoms with E-state index in [0.717, 1.165) is 22.6 Å². The molecule has 0 amide bonds. The Kier molecular flexibility index (Phi) is 3.26. The van der Waals surface area contributed by atoms with Crippen LogP contribution in [0.5, 0.6) is 11.5 Å². The summed E-state index contributed by atoms with van der Waals surface area (Å²) < 4.78 is 21.6. The van der Waals surface area contributed by atoms with Crippen LogP contribution in [0.3, 0.4) is 0 Å². The van der Waals surface area contributed by atoms with Gasteiger partial charge in [0.1, 0.15) is 17.1 Å². The monoisotopic (exact) mass is 238 g/mol. The van der Waals surface area contributed by atoms with Crippen molar-refractivity contribution in [1.29, 1.82) is 0 Å². The van der Waals surface area contributed by atoms with E-state index < -0.39 is 0 Å². The number of rotatable bonds is 4. The number of hydrogen-bond acceptors (Lipinski definition) is 4. The second-order valence-electron chi connectivity index (χ2n) is 4.16. The van der Waals surface area contributed by atoms with Gasteiger partial charge >= 0.3 is 0 Å². The fourth-order valence-electron chi connectivity index (χ4n) is 2.19. The minimum Gasteiger partial charge on any atom is -0.496 e. The lowest BCUT2D eigenvalue weighted by Gasteiger charge is -2.41. The highest BCUT2D eigenvalue weighted by Crippen LogP contribution is 2.42. The predicted octanol–water partition coefficient (Wildman–Crippen LogP) is 1.88. The molecule has 0 N–H and O–H groups in total. The summed E-state index contributed by atoms with van der Waals surface area (Å²) in [5.74, 6) is 1.63. The molecule has 1 saturated heterocycles. The minimum absolute atomic E-state index is 0.373. The molecule has 0 atom stereocenters. The van der Waals surface area contributed by atoms with Crippen LogP contribution in [-0.2, 0) is 15.1 Å². The van der Waals surface area contributed by atoms with Gasteiger partial charge < -0.3 is 18.9 Å². The van der Waals surface area contributed by atoms with Crippen molar-refractivity contribution in [3.8, 4) is 11.5 Å². The minimum atomic E-state index is -0.373. The summed E-state index contributed by atoms with van der Waals surface area (Å²) in [5, 5.41) is 0. The molecule has 1 aliphatic heterocycles. The Morgan fingerprint density at radius 2 is 1.82 bits per heavy atom. The average Bonchev–Trinajstić information content (AvgIpc) is 2.29. The third kappa shape index (κ3) is 1.77. The van der Waals surface area contributed by atoms with Crippen LogP contribution in [0, 0.1) is 6.92 Å². The predicted molar refractivity (Wildman–Crippen MR) is 63.8 cm³/mol. The summed E-state index contributed by atoms with van der Waals surface area (Å²) in [7, 11) is 5.01. The topological polar surface area (TPSA) is 36.9 Å². The Hall–Kier alpha value is -1.26. The van der Waals surface area contributed by atoms with Crippen LogP contribution in [-0.4, -0.2) is 34.5 Å². The molecule has 17 heavy (non-hydrogen) atoms. The van der Waals surface area contributed by atoms with Crippen molar-refractivity contribution in [3.05, 3.63) is 23.3 Å². The Morgan fingerprint density at radius 1 is 1.12 bits per heavy atom. The van der Waals surface area contributed by atoms with E-state index in [-0.39, 0.29) is 5.60 Å². The molecular weight excluding hydrogens is 220 g/mol. The van der Waals surface area contributed by atoms with Crippen LogP contribution in [0.25, 0.3) is 0 Å². The first-order chi connectivity index (χ1) is 8.18. The van der Waals surface area contributed by atoms with Crippen LogP contribution >= 0.6 is 0 Å². The summed E-state index contributed by atoms with van der Waals surface area (Å²) in [6.45, 7) is 3.10. The largest absolute Gasteiger partial charge is 0.496 e.